The molecule has 1 radical (unpaired) electrons. The molecule has 0 amide bonds. The van der Waals surface area contributed by atoms with E-state index in [2.05, 4.69) is 23.5 Å². The molecule has 0 aromatic heterocycles. The van der Waals surface area contributed by atoms with Gasteiger partial charge in [0.2, 0.25) is 0 Å². The van der Waals surface area contributed by atoms with E-state index in [0.717, 1.165) is 12.2 Å². The zero-order chi connectivity index (χ0) is 9.64. The first kappa shape index (κ1) is 8.82. The van der Waals surface area contributed by atoms with Crippen LogP contribution in [0.15, 0.2) is 54.6 Å². The monoisotopic (exact) mass is 182 g/mol. The molecule has 0 aliphatic heterocycles. The van der Waals surface area contributed by atoms with E-state index in [0.29, 0.717) is 0 Å². The van der Waals surface area contributed by atoms with Crippen molar-refractivity contribution in [2.45, 2.75) is 6.54 Å². The molecule has 1 heteroatoms. The van der Waals surface area contributed by atoms with Crippen molar-refractivity contribution in [3.05, 3.63) is 66.2 Å². The van der Waals surface area contributed by atoms with Gasteiger partial charge in [0.15, 0.2) is 0 Å². The van der Waals surface area contributed by atoms with E-state index < -0.39 is 0 Å². The molecule has 14 heavy (non-hydrogen) atoms. The minimum atomic E-state index is 0.849. The summed E-state index contributed by atoms with van der Waals surface area (Å²) in [4.78, 5) is 0. The van der Waals surface area contributed by atoms with Gasteiger partial charge in [0.05, 0.1) is 0 Å². The molecule has 0 atom stereocenters. The minimum absolute atomic E-state index is 0.849. The summed E-state index contributed by atoms with van der Waals surface area (Å²) in [5.41, 5.74) is 2.32. The molecule has 1 N–H and O–H groups in total. The van der Waals surface area contributed by atoms with Crippen molar-refractivity contribution in [2.24, 2.45) is 0 Å². The van der Waals surface area contributed by atoms with Crippen LogP contribution in [0.5, 0.6) is 0 Å². The number of benzene rings is 2. The van der Waals surface area contributed by atoms with Crippen molar-refractivity contribution in [2.75, 3.05) is 5.32 Å². The van der Waals surface area contributed by atoms with Gasteiger partial charge in [0.1, 0.15) is 0 Å². The second-order valence-electron chi connectivity index (χ2n) is 3.12. The molecule has 0 aliphatic rings. The van der Waals surface area contributed by atoms with Gasteiger partial charge in [-0.25, -0.2) is 0 Å². The molecule has 1 nitrogen and oxygen atoms in total. The molecule has 0 aliphatic carbocycles. The molecule has 2 rings (SSSR count). The predicted octanol–water partition coefficient (Wildman–Crippen LogP) is 3.10. The molecule has 0 fully saturated rings. The SMILES string of the molecule is [c]1ccccc1NCc1ccccc1. The summed E-state index contributed by atoms with van der Waals surface area (Å²) < 4.78 is 0. The van der Waals surface area contributed by atoms with Crippen molar-refractivity contribution in [1.82, 2.24) is 0 Å². The van der Waals surface area contributed by atoms with Gasteiger partial charge in [-0.3, -0.25) is 0 Å². The lowest BCUT2D eigenvalue weighted by atomic mass is 10.2. The molecular formula is C13H12N. The quantitative estimate of drug-likeness (QED) is 0.769. The number of rotatable bonds is 3. The van der Waals surface area contributed by atoms with E-state index in [1.54, 1.807) is 0 Å². The van der Waals surface area contributed by atoms with Gasteiger partial charge in [0, 0.05) is 18.3 Å². The average Bonchev–Trinajstić information content (AvgIpc) is 2.29. The number of nitrogens with one attached hydrogen (secondary N) is 1. The normalized spacial score (nSPS) is 9.71. The maximum atomic E-state index is 3.31. The van der Waals surface area contributed by atoms with Crippen molar-refractivity contribution in [1.29, 1.82) is 0 Å². The lowest BCUT2D eigenvalue weighted by molar-refractivity contribution is 1.15. The van der Waals surface area contributed by atoms with Gasteiger partial charge < -0.3 is 5.32 Å². The highest BCUT2D eigenvalue weighted by Crippen LogP contribution is 2.06. The molecule has 0 spiro atoms. The van der Waals surface area contributed by atoms with Crippen LogP contribution in [-0.2, 0) is 6.54 Å². The minimum Gasteiger partial charge on any atom is -0.380 e. The first-order chi connectivity index (χ1) is 6.95. The Morgan fingerprint density at radius 3 is 2.43 bits per heavy atom. The maximum absolute atomic E-state index is 3.31. The Morgan fingerprint density at radius 2 is 1.71 bits per heavy atom. The second-order valence-corrected chi connectivity index (χ2v) is 3.12. The molecule has 2 aromatic carbocycles. The highest BCUT2D eigenvalue weighted by molar-refractivity contribution is 5.41. The topological polar surface area (TPSA) is 12.0 Å². The Bertz CT molecular complexity index is 327. The van der Waals surface area contributed by atoms with Gasteiger partial charge in [-0.2, -0.15) is 0 Å². The van der Waals surface area contributed by atoms with E-state index in [-0.39, 0.29) is 0 Å². The van der Waals surface area contributed by atoms with Crippen LogP contribution in [0, 0.1) is 6.07 Å². The van der Waals surface area contributed by atoms with E-state index >= 15 is 0 Å². The van der Waals surface area contributed by atoms with Crippen molar-refractivity contribution in [3.8, 4) is 0 Å². The summed E-state index contributed by atoms with van der Waals surface area (Å²) in [7, 11) is 0. The van der Waals surface area contributed by atoms with Crippen molar-refractivity contribution in [3.63, 3.8) is 0 Å². The van der Waals surface area contributed by atoms with Gasteiger partial charge >= 0.3 is 0 Å². The Hall–Kier alpha value is -1.76. The van der Waals surface area contributed by atoms with Crippen molar-refractivity contribution < 1.29 is 0 Å². The standard InChI is InChI=1S/C13H12N/c1-3-7-12(8-4-1)11-14-13-9-5-2-6-10-13/h1-9,14H,11H2. The first-order valence-electron chi connectivity index (χ1n) is 4.70. The number of anilines is 1. The van der Waals surface area contributed by atoms with Crippen LogP contribution in [0.4, 0.5) is 5.69 Å². The summed E-state index contributed by atoms with van der Waals surface area (Å²) in [6.45, 7) is 0.849. The predicted molar refractivity (Wildman–Crippen MR) is 59.0 cm³/mol. The van der Waals surface area contributed by atoms with Crippen LogP contribution >= 0.6 is 0 Å². The highest BCUT2D eigenvalue weighted by Gasteiger charge is 1.91. The van der Waals surface area contributed by atoms with E-state index in [1.807, 2.05) is 42.5 Å². The molecule has 69 valence electrons. The molecule has 0 heterocycles. The number of hydrogen-bond acceptors (Lipinski definition) is 1. The fourth-order valence-electron chi connectivity index (χ4n) is 1.30. The third kappa shape index (κ3) is 2.36. The largest absolute Gasteiger partial charge is 0.380 e. The third-order valence-electron chi connectivity index (χ3n) is 2.03. The molecule has 0 bridgehead atoms. The van der Waals surface area contributed by atoms with Crippen LogP contribution in [0.3, 0.4) is 0 Å². The van der Waals surface area contributed by atoms with Gasteiger partial charge in [-0.05, 0) is 11.6 Å². The lowest BCUT2D eigenvalue weighted by Crippen LogP contribution is -1.98. The van der Waals surface area contributed by atoms with Gasteiger partial charge in [-0.15, -0.1) is 0 Å². The summed E-state index contributed by atoms with van der Waals surface area (Å²) in [5, 5.41) is 3.31. The van der Waals surface area contributed by atoms with Crippen LogP contribution in [-0.4, -0.2) is 0 Å². The van der Waals surface area contributed by atoms with Gasteiger partial charge in [-0.1, -0.05) is 48.5 Å². The molecule has 2 aromatic rings. The second kappa shape index (κ2) is 4.47. The maximum Gasteiger partial charge on any atom is 0.0423 e. The Labute approximate surface area is 84.4 Å². The lowest BCUT2D eigenvalue weighted by Gasteiger charge is -2.04. The third-order valence-corrected chi connectivity index (χ3v) is 2.03. The molecular weight excluding hydrogens is 170 g/mol. The average molecular weight is 182 g/mol. The zero-order valence-electron chi connectivity index (χ0n) is 7.90. The van der Waals surface area contributed by atoms with Crippen LogP contribution in [0.1, 0.15) is 5.56 Å². The smallest absolute Gasteiger partial charge is 0.0423 e. The van der Waals surface area contributed by atoms with Crippen LogP contribution in [0.25, 0.3) is 0 Å². The molecule has 0 unspecified atom stereocenters. The van der Waals surface area contributed by atoms with E-state index in [1.165, 1.54) is 5.56 Å². The Morgan fingerprint density at radius 1 is 0.929 bits per heavy atom. The number of para-hydroxylation sites is 1. The first-order valence-corrected chi connectivity index (χ1v) is 4.70. The highest BCUT2D eigenvalue weighted by atomic mass is 14.9. The van der Waals surface area contributed by atoms with Gasteiger partial charge in [0.25, 0.3) is 0 Å². The Balaban J connectivity index is 1.96. The van der Waals surface area contributed by atoms with E-state index in [9.17, 15) is 0 Å². The van der Waals surface area contributed by atoms with Crippen LogP contribution in [0.2, 0.25) is 0 Å². The van der Waals surface area contributed by atoms with E-state index in [4.69, 9.17) is 0 Å². The fourth-order valence-corrected chi connectivity index (χ4v) is 1.30. The number of hydrogen-bond donors (Lipinski definition) is 1. The molecule has 0 saturated carbocycles. The van der Waals surface area contributed by atoms with Crippen molar-refractivity contribution >= 4 is 5.69 Å². The summed E-state index contributed by atoms with van der Waals surface area (Å²) in [5.74, 6) is 0. The summed E-state index contributed by atoms with van der Waals surface area (Å²) >= 11 is 0. The Kier molecular flexibility index (Phi) is 2.82. The van der Waals surface area contributed by atoms with Crippen LogP contribution < -0.4 is 5.32 Å². The summed E-state index contributed by atoms with van der Waals surface area (Å²) in [6.07, 6.45) is 0. The summed E-state index contributed by atoms with van der Waals surface area (Å²) in [6, 6.07) is 21.4. The zero-order valence-corrected chi connectivity index (χ0v) is 7.90. The molecule has 0 saturated heterocycles. The fraction of sp³-hybridized carbons (Fsp3) is 0.0769.